The zero-order valence-corrected chi connectivity index (χ0v) is 12.3. The van der Waals surface area contributed by atoms with Crippen LogP contribution in [0.3, 0.4) is 0 Å². The van der Waals surface area contributed by atoms with Gasteiger partial charge in [-0.25, -0.2) is 0 Å². The van der Waals surface area contributed by atoms with Crippen LogP contribution in [0.15, 0.2) is 18.2 Å². The van der Waals surface area contributed by atoms with Gasteiger partial charge in [0.25, 0.3) is 0 Å². The predicted octanol–water partition coefficient (Wildman–Crippen LogP) is 4.82. The molecule has 0 spiro atoms. The van der Waals surface area contributed by atoms with Crippen LogP contribution >= 0.6 is 23.2 Å². The number of halogens is 2. The summed E-state index contributed by atoms with van der Waals surface area (Å²) in [6.07, 6.45) is 5.59. The van der Waals surface area contributed by atoms with Crippen LogP contribution in [-0.2, 0) is 11.2 Å². The lowest BCUT2D eigenvalue weighted by Gasteiger charge is -2.22. The molecule has 19 heavy (non-hydrogen) atoms. The Balaban J connectivity index is 2.21. The molecule has 2 unspecified atom stereocenters. The lowest BCUT2D eigenvalue weighted by atomic mass is 9.83. The van der Waals surface area contributed by atoms with E-state index in [4.69, 9.17) is 23.2 Å². The average Bonchev–Trinajstić information content (AvgIpc) is 2.59. The normalized spacial score (nSPS) is 23.9. The average molecular weight is 301 g/mol. The van der Waals surface area contributed by atoms with Crippen molar-refractivity contribution in [1.29, 1.82) is 0 Å². The number of carbonyl (C=O) groups is 1. The summed E-state index contributed by atoms with van der Waals surface area (Å²) in [5.74, 6) is -0.817. The van der Waals surface area contributed by atoms with E-state index in [9.17, 15) is 9.90 Å². The lowest BCUT2D eigenvalue weighted by molar-refractivity contribution is -0.143. The van der Waals surface area contributed by atoms with Crippen molar-refractivity contribution in [3.8, 4) is 0 Å². The molecule has 0 amide bonds. The minimum Gasteiger partial charge on any atom is -0.481 e. The lowest BCUT2D eigenvalue weighted by Crippen LogP contribution is -2.24. The SMILES string of the molecule is O=C(O)C1CCCCCC1Cc1c(Cl)cccc1Cl. The number of carboxylic acid groups (broad SMARTS) is 1. The Morgan fingerprint density at radius 3 is 2.42 bits per heavy atom. The summed E-state index contributed by atoms with van der Waals surface area (Å²) in [6, 6.07) is 5.44. The highest BCUT2D eigenvalue weighted by Crippen LogP contribution is 2.35. The zero-order valence-electron chi connectivity index (χ0n) is 10.7. The summed E-state index contributed by atoms with van der Waals surface area (Å²) in [4.78, 5) is 11.4. The molecular weight excluding hydrogens is 283 g/mol. The third-order valence-electron chi connectivity index (χ3n) is 4.00. The van der Waals surface area contributed by atoms with Gasteiger partial charge in [-0.1, -0.05) is 48.5 Å². The van der Waals surface area contributed by atoms with E-state index in [1.165, 1.54) is 0 Å². The standard InChI is InChI=1S/C15H18Cl2O2/c16-13-7-4-8-14(17)12(13)9-10-5-2-1-3-6-11(10)15(18)19/h4,7-8,10-11H,1-3,5-6,9H2,(H,18,19). The van der Waals surface area contributed by atoms with E-state index in [0.717, 1.165) is 37.7 Å². The Hall–Kier alpha value is -0.730. The van der Waals surface area contributed by atoms with Gasteiger partial charge in [-0.15, -0.1) is 0 Å². The molecule has 0 aliphatic heterocycles. The monoisotopic (exact) mass is 300 g/mol. The molecule has 2 atom stereocenters. The first-order chi connectivity index (χ1) is 9.09. The maximum atomic E-state index is 11.4. The van der Waals surface area contributed by atoms with Crippen LogP contribution in [0, 0.1) is 11.8 Å². The molecular formula is C15H18Cl2O2. The molecule has 0 radical (unpaired) electrons. The van der Waals surface area contributed by atoms with Gasteiger partial charge in [0.1, 0.15) is 0 Å². The second-order valence-corrected chi connectivity index (χ2v) is 6.06. The van der Waals surface area contributed by atoms with Crippen LogP contribution in [0.2, 0.25) is 10.0 Å². The maximum Gasteiger partial charge on any atom is 0.306 e. The fourth-order valence-corrected chi connectivity index (χ4v) is 3.50. The van der Waals surface area contributed by atoms with Crippen LogP contribution in [0.1, 0.15) is 37.7 Å². The van der Waals surface area contributed by atoms with Crippen LogP contribution < -0.4 is 0 Å². The van der Waals surface area contributed by atoms with Crippen molar-refractivity contribution in [2.24, 2.45) is 11.8 Å². The number of hydrogen-bond donors (Lipinski definition) is 1. The van der Waals surface area contributed by atoms with Gasteiger partial charge in [-0.2, -0.15) is 0 Å². The van der Waals surface area contributed by atoms with Gasteiger partial charge >= 0.3 is 5.97 Å². The van der Waals surface area contributed by atoms with E-state index in [0.29, 0.717) is 16.5 Å². The third-order valence-corrected chi connectivity index (χ3v) is 4.71. The summed E-state index contributed by atoms with van der Waals surface area (Å²) in [7, 11) is 0. The van der Waals surface area contributed by atoms with Crippen molar-refractivity contribution >= 4 is 29.2 Å². The Bertz CT molecular complexity index is 439. The van der Waals surface area contributed by atoms with E-state index in [1.54, 1.807) is 0 Å². The predicted molar refractivity (Wildman–Crippen MR) is 77.9 cm³/mol. The number of benzene rings is 1. The molecule has 0 bridgehead atoms. The van der Waals surface area contributed by atoms with Crippen LogP contribution in [0.5, 0.6) is 0 Å². The van der Waals surface area contributed by atoms with Crippen LogP contribution in [0.25, 0.3) is 0 Å². The number of carboxylic acids is 1. The number of rotatable bonds is 3. The van der Waals surface area contributed by atoms with Gasteiger partial charge in [0.15, 0.2) is 0 Å². The largest absolute Gasteiger partial charge is 0.481 e. The van der Waals surface area contributed by atoms with E-state index < -0.39 is 5.97 Å². The van der Waals surface area contributed by atoms with E-state index in [-0.39, 0.29) is 11.8 Å². The molecule has 1 aromatic carbocycles. The molecule has 2 nitrogen and oxygen atoms in total. The molecule has 1 saturated carbocycles. The minimum absolute atomic E-state index is 0.136. The topological polar surface area (TPSA) is 37.3 Å². The van der Waals surface area contributed by atoms with Crippen molar-refractivity contribution in [3.05, 3.63) is 33.8 Å². The molecule has 0 saturated heterocycles. The third kappa shape index (κ3) is 3.64. The van der Waals surface area contributed by atoms with E-state index in [2.05, 4.69) is 0 Å². The molecule has 4 heteroatoms. The van der Waals surface area contributed by atoms with Gasteiger partial charge < -0.3 is 5.11 Å². The van der Waals surface area contributed by atoms with Gasteiger partial charge in [0.05, 0.1) is 5.92 Å². The molecule has 2 rings (SSSR count). The molecule has 0 heterocycles. The first-order valence-electron chi connectivity index (χ1n) is 6.75. The maximum absolute atomic E-state index is 11.4. The van der Waals surface area contributed by atoms with Crippen molar-refractivity contribution in [2.75, 3.05) is 0 Å². The Morgan fingerprint density at radius 1 is 1.16 bits per heavy atom. The van der Waals surface area contributed by atoms with E-state index >= 15 is 0 Å². The highest BCUT2D eigenvalue weighted by atomic mass is 35.5. The van der Waals surface area contributed by atoms with Gasteiger partial charge in [-0.3, -0.25) is 4.79 Å². The molecule has 104 valence electrons. The van der Waals surface area contributed by atoms with Gasteiger partial charge in [0, 0.05) is 10.0 Å². The van der Waals surface area contributed by atoms with Crippen molar-refractivity contribution in [3.63, 3.8) is 0 Å². The fraction of sp³-hybridized carbons (Fsp3) is 0.533. The molecule has 1 N–H and O–H groups in total. The molecule has 1 aliphatic rings. The van der Waals surface area contributed by atoms with Crippen molar-refractivity contribution in [2.45, 2.75) is 38.5 Å². The van der Waals surface area contributed by atoms with Crippen molar-refractivity contribution in [1.82, 2.24) is 0 Å². The summed E-state index contributed by atoms with van der Waals surface area (Å²) in [6.45, 7) is 0. The summed E-state index contributed by atoms with van der Waals surface area (Å²) < 4.78 is 0. The zero-order chi connectivity index (χ0) is 13.8. The molecule has 1 aliphatic carbocycles. The number of aliphatic carboxylic acids is 1. The second-order valence-electron chi connectivity index (χ2n) is 5.25. The highest BCUT2D eigenvalue weighted by Gasteiger charge is 2.30. The van der Waals surface area contributed by atoms with Gasteiger partial charge in [-0.05, 0) is 42.9 Å². The minimum atomic E-state index is -0.685. The summed E-state index contributed by atoms with van der Waals surface area (Å²) in [5.41, 5.74) is 0.893. The second kappa shape index (κ2) is 6.62. The smallest absolute Gasteiger partial charge is 0.306 e. The Labute approximate surface area is 123 Å². The molecule has 0 aromatic heterocycles. The first kappa shape index (κ1) is 14.7. The highest BCUT2D eigenvalue weighted by molar-refractivity contribution is 6.35. The number of hydrogen-bond acceptors (Lipinski definition) is 1. The van der Waals surface area contributed by atoms with Gasteiger partial charge in [0.2, 0.25) is 0 Å². The van der Waals surface area contributed by atoms with E-state index in [1.807, 2.05) is 18.2 Å². The Morgan fingerprint density at radius 2 is 1.79 bits per heavy atom. The van der Waals surface area contributed by atoms with Crippen LogP contribution in [0.4, 0.5) is 0 Å². The quantitative estimate of drug-likeness (QED) is 0.813. The Kier molecular flexibility index (Phi) is 5.12. The summed E-state index contributed by atoms with van der Waals surface area (Å²) >= 11 is 12.4. The summed E-state index contributed by atoms with van der Waals surface area (Å²) in [5, 5.41) is 10.7. The van der Waals surface area contributed by atoms with Crippen LogP contribution in [-0.4, -0.2) is 11.1 Å². The first-order valence-corrected chi connectivity index (χ1v) is 7.51. The molecule has 1 aromatic rings. The van der Waals surface area contributed by atoms with Crippen molar-refractivity contribution < 1.29 is 9.90 Å². The molecule has 1 fully saturated rings. The fourth-order valence-electron chi connectivity index (χ4n) is 2.94.